The van der Waals surface area contributed by atoms with Crippen molar-refractivity contribution in [1.29, 1.82) is 0 Å². The van der Waals surface area contributed by atoms with Gasteiger partial charge in [-0.1, -0.05) is 323 Å². The van der Waals surface area contributed by atoms with Gasteiger partial charge in [-0.2, -0.15) is 0 Å². The maximum atomic E-state index is 8.92. The fourth-order valence-corrected chi connectivity index (χ4v) is 64.8. The maximum absolute atomic E-state index is 8.92. The van der Waals surface area contributed by atoms with Crippen LogP contribution in [0.15, 0.2) is 330 Å². The van der Waals surface area contributed by atoms with Crippen LogP contribution in [0.3, 0.4) is 0 Å². The zero-order valence-electron chi connectivity index (χ0n) is 55.0. The molecular weight excluding hydrogens is 1590 g/mol. The molecule has 6 bridgehead atoms. The van der Waals surface area contributed by atoms with Gasteiger partial charge in [0.05, 0.1) is 13.3 Å². The first kappa shape index (κ1) is 70.2. The van der Waals surface area contributed by atoms with Gasteiger partial charge in [0.1, 0.15) is 16.2 Å². The maximum Gasteiger partial charge on any atom is 0.521 e. The molecule has 11 aromatic rings. The highest BCUT2D eigenvalue weighted by atomic mass is 79.9. The van der Waals surface area contributed by atoms with Gasteiger partial charge in [0, 0.05) is 40.1 Å². The van der Waals surface area contributed by atoms with E-state index < -0.39 is 88.5 Å². The van der Waals surface area contributed by atoms with Crippen LogP contribution in [-0.2, 0) is 57.9 Å². The van der Waals surface area contributed by atoms with Crippen LogP contribution in [0.4, 0.5) is 0 Å². The predicted octanol–water partition coefficient (Wildman–Crippen LogP) is 7.56. The second-order valence-corrected chi connectivity index (χ2v) is 55.4. The van der Waals surface area contributed by atoms with Crippen molar-refractivity contribution in [3.05, 3.63) is 346 Å². The van der Waals surface area contributed by atoms with E-state index in [1.54, 1.807) is 7.11 Å². The third kappa shape index (κ3) is 14.5. The molecule has 0 saturated carbocycles. The summed E-state index contributed by atoms with van der Waals surface area (Å²) < 4.78 is 127. The summed E-state index contributed by atoms with van der Waals surface area (Å²) in [5.41, 5.74) is 6.76. The molecule has 0 N–H and O–H groups in total. The van der Waals surface area contributed by atoms with E-state index >= 15 is 0 Å². The number of rotatable bonds is 15. The molecule has 4 heterocycles. The SMILES string of the molecule is COc1ccc([Si]2(/C=C/c3ccc(Br)cc3)O[SiH]3CO[Si]4(c5ccccc5)O[SiH](c5ccccc5)O[Si]5(c6ccccc6)O[Si](/C=C/c6ccc(Br)cc6)(c6ccc(C)cc6)O[Si](c6ccccc6)(O4)O[Si](c4ccccc4)(O3)O[Si](c3ccccc3)(O[Si](O[SiH3])(c3ccccc3)O2)O5)cc1. The number of aryl methyl sites for hydroxylation is 1. The lowest BCUT2D eigenvalue weighted by Gasteiger charge is -2.54. The Hall–Kier alpha value is -6.51. The first-order valence-corrected chi connectivity index (χ1v) is 52.6. The molecule has 101 heavy (non-hydrogen) atoms. The summed E-state index contributed by atoms with van der Waals surface area (Å²) in [6.45, 7) is 2.05. The Kier molecular flexibility index (Phi) is 20.8. The molecule has 4 saturated heterocycles. The zero-order chi connectivity index (χ0) is 69.0. The standard InChI is InChI=1S/C73H68Br2O15Si11/c1-59-38-50-67(51-39-59)95(57-55-61-42-46-63(75)47-43-61)84-99(71-32-18-7-19-33-71)82-93(65-24-10-3-11-25-65)81-96(68-26-12-4-13-27-68)77-58-92-79-94(66-52-48-64(76-2)49-53-66,56-54-60-40-44-62(74)45-41-60)83-97(78-91,69-28-14-5-15-29-69)87-101(90-99,73-36-22-9-23-37-73)89-98(80-92,70-30-16-6-17-31-70)88-100(85-95,86-96)72-34-20-8-21-35-72/h3-57,92-93H,58H2,1-2,91H3/b56-54+,57-55+. The molecule has 28 heteroatoms. The quantitative estimate of drug-likeness (QED) is 0.0933. The summed E-state index contributed by atoms with van der Waals surface area (Å²) >= 11 is 7.41. The van der Waals surface area contributed by atoms with Crippen LogP contribution in [0.25, 0.3) is 12.2 Å². The number of hydrogen-bond acceptors (Lipinski definition) is 15. The van der Waals surface area contributed by atoms with Gasteiger partial charge in [-0.05, 0) is 81.4 Å². The van der Waals surface area contributed by atoms with Gasteiger partial charge >= 0.3 is 88.5 Å². The van der Waals surface area contributed by atoms with Gasteiger partial charge in [-0.25, -0.2) is 0 Å². The molecule has 4 aliphatic rings. The monoisotopic (exact) mass is 1650 g/mol. The fraction of sp³-hybridized carbons (Fsp3) is 0.0411. The minimum Gasteiger partial charge on any atom is -0.497 e. The van der Waals surface area contributed by atoms with Gasteiger partial charge < -0.3 is 62.7 Å². The highest BCUT2D eigenvalue weighted by Crippen LogP contribution is 2.42. The van der Waals surface area contributed by atoms with Gasteiger partial charge in [0.2, 0.25) is 0 Å². The molecule has 15 rings (SSSR count). The summed E-state index contributed by atoms with van der Waals surface area (Å²) in [4.78, 5) is 0. The zero-order valence-corrected chi connectivity index (χ0v) is 70.5. The second kappa shape index (κ2) is 29.9. The molecule has 0 aromatic heterocycles. The Morgan fingerprint density at radius 3 is 1.21 bits per heavy atom. The van der Waals surface area contributed by atoms with Crippen LogP contribution in [0.5, 0.6) is 5.75 Å². The van der Waals surface area contributed by atoms with Crippen molar-refractivity contribution in [2.24, 2.45) is 0 Å². The van der Waals surface area contributed by atoms with Gasteiger partial charge in [0.15, 0.2) is 0 Å². The minimum atomic E-state index is -5.43. The molecule has 0 aliphatic carbocycles. The van der Waals surface area contributed by atoms with Gasteiger partial charge in [0.25, 0.3) is 0 Å². The molecule has 15 nitrogen and oxygen atoms in total. The number of ether oxygens (including phenoxy) is 1. The molecule has 4 aliphatic heterocycles. The van der Waals surface area contributed by atoms with Crippen molar-refractivity contribution in [1.82, 2.24) is 0 Å². The third-order valence-corrected chi connectivity index (χ3v) is 59.2. The molecule has 0 radical (unpaired) electrons. The topological polar surface area (TPSA) is 138 Å². The van der Waals surface area contributed by atoms with Gasteiger partial charge in [-0.3, -0.25) is 0 Å². The Bertz CT molecular complexity index is 4680. The first-order valence-electron chi connectivity index (χ1n) is 32.8. The smallest absolute Gasteiger partial charge is 0.497 e. The number of methoxy groups -OCH3 is 1. The van der Waals surface area contributed by atoms with Crippen LogP contribution in [0.2, 0.25) is 0 Å². The number of fused-ring (bicyclic) bond motifs is 6. The lowest BCUT2D eigenvalue weighted by molar-refractivity contribution is 0.0926. The highest BCUT2D eigenvalue weighted by molar-refractivity contribution is 9.10. The predicted molar refractivity (Wildman–Crippen MR) is 423 cm³/mol. The molecular formula is C73H68Br2O15Si11. The van der Waals surface area contributed by atoms with Crippen molar-refractivity contribution in [3.63, 3.8) is 0 Å². The molecule has 508 valence electrons. The Morgan fingerprint density at radius 2 is 0.733 bits per heavy atom. The molecule has 10 atom stereocenters. The van der Waals surface area contributed by atoms with E-state index in [-0.39, 0.29) is 16.7 Å². The summed E-state index contributed by atoms with van der Waals surface area (Å²) in [5.74, 6) is 0.608. The van der Waals surface area contributed by atoms with Crippen LogP contribution in [0, 0.1) is 6.92 Å². The number of hydrogen-bond donors (Lipinski definition) is 0. The van der Waals surface area contributed by atoms with E-state index in [4.69, 9.17) is 62.7 Å². The number of benzene rings is 11. The summed E-state index contributed by atoms with van der Waals surface area (Å²) in [6, 6.07) is 101. The lowest BCUT2D eigenvalue weighted by Crippen LogP contribution is -2.86. The average molecular weight is 1650 g/mol. The Balaban J connectivity index is 1.18. The first-order chi connectivity index (χ1) is 49.3. The van der Waals surface area contributed by atoms with E-state index in [9.17, 15) is 0 Å². The molecule has 0 amide bonds. The average Bonchev–Trinajstić information content (AvgIpc) is 1.59. The van der Waals surface area contributed by atoms with Crippen LogP contribution >= 0.6 is 31.9 Å². The van der Waals surface area contributed by atoms with Crippen molar-refractivity contribution in [2.75, 3.05) is 13.3 Å². The van der Waals surface area contributed by atoms with Crippen molar-refractivity contribution in [3.8, 4) is 5.75 Å². The van der Waals surface area contributed by atoms with E-state index in [0.29, 0.717) is 52.4 Å². The van der Waals surface area contributed by atoms with E-state index in [2.05, 4.69) is 68.7 Å². The Labute approximate surface area is 619 Å². The van der Waals surface area contributed by atoms with Crippen molar-refractivity contribution < 1.29 is 62.7 Å². The largest absolute Gasteiger partial charge is 0.521 e. The van der Waals surface area contributed by atoms with Crippen LogP contribution < -0.4 is 51.4 Å². The fourth-order valence-electron chi connectivity index (χ4n) is 12.4. The van der Waals surface area contributed by atoms with Crippen LogP contribution in [0.1, 0.15) is 16.7 Å². The molecule has 10 unspecified atom stereocenters. The van der Waals surface area contributed by atoms with E-state index in [0.717, 1.165) is 25.6 Å². The van der Waals surface area contributed by atoms with E-state index in [1.165, 1.54) is 0 Å². The summed E-state index contributed by atoms with van der Waals surface area (Å²) in [6.07, 6.45) is 3.79. The van der Waals surface area contributed by atoms with E-state index in [1.807, 2.05) is 303 Å². The summed E-state index contributed by atoms with van der Waals surface area (Å²) in [5, 5.41) is 5.17. The second-order valence-electron chi connectivity index (χ2n) is 24.2. The third-order valence-electron chi connectivity index (χ3n) is 17.5. The molecule has 0 spiro atoms. The molecule has 11 aromatic carbocycles. The highest BCUT2D eigenvalue weighted by Gasteiger charge is 2.76. The van der Waals surface area contributed by atoms with Crippen molar-refractivity contribution >= 4 is 190 Å². The molecule has 4 fully saturated rings. The lowest BCUT2D eigenvalue weighted by atomic mass is 10.2. The summed E-state index contributed by atoms with van der Waals surface area (Å²) in [7, 11) is -46.4. The van der Waals surface area contributed by atoms with Gasteiger partial charge in [-0.15, -0.1) is 0 Å². The normalized spacial score (nSPS) is 28.4. The number of halogens is 2. The van der Waals surface area contributed by atoms with Crippen LogP contribution in [-0.4, -0.2) is 112 Å². The Morgan fingerprint density at radius 1 is 0.356 bits per heavy atom. The van der Waals surface area contributed by atoms with Crippen molar-refractivity contribution in [2.45, 2.75) is 6.92 Å². The minimum absolute atomic E-state index is 0.0312.